The first kappa shape index (κ1) is 7.20. The number of nitrogens with one attached hydrogen (secondary N) is 2. The van der Waals surface area contributed by atoms with Crippen molar-refractivity contribution < 1.29 is 13.2 Å². The highest BCUT2D eigenvalue weighted by molar-refractivity contribution is 5.07. The molecule has 1 aliphatic rings. The van der Waals surface area contributed by atoms with E-state index in [9.17, 15) is 13.2 Å². The molecule has 1 aliphatic heterocycles. The van der Waals surface area contributed by atoms with Crippen LogP contribution in [0, 0.1) is 0 Å². The molecule has 0 aromatic rings. The predicted octanol–water partition coefficient (Wildman–Crippen LogP) is 0.345. The van der Waals surface area contributed by atoms with Crippen molar-refractivity contribution in [3.63, 3.8) is 0 Å². The van der Waals surface area contributed by atoms with E-state index in [4.69, 9.17) is 0 Å². The van der Waals surface area contributed by atoms with Crippen molar-refractivity contribution in [1.29, 1.82) is 0 Å². The Bertz CT molecular complexity index is 162. The molecule has 1 rings (SSSR count). The first-order valence-corrected chi connectivity index (χ1v) is 2.53. The van der Waals surface area contributed by atoms with Gasteiger partial charge in [-0.15, -0.1) is 5.53 Å². The van der Waals surface area contributed by atoms with Gasteiger partial charge in [-0.3, -0.25) is 10.4 Å². The Balaban J connectivity index is 2.67. The molecule has 6 heteroatoms. The molecule has 10 heavy (non-hydrogen) atoms. The summed E-state index contributed by atoms with van der Waals surface area (Å²) < 4.78 is 35.2. The molecule has 0 unspecified atom stereocenters. The van der Waals surface area contributed by atoms with E-state index < -0.39 is 11.9 Å². The molecular weight excluding hydrogens is 147 g/mol. The maximum atomic E-state index is 11.7. The number of nitrogens with zero attached hydrogens (tertiary/aromatic N) is 1. The second kappa shape index (κ2) is 2.05. The maximum absolute atomic E-state index is 11.7. The van der Waals surface area contributed by atoms with E-state index in [1.807, 2.05) is 5.43 Å². The SMILES string of the molecule is CN1C=C(C(F)(F)F)NN1. The van der Waals surface area contributed by atoms with E-state index in [0.717, 1.165) is 6.20 Å². The minimum absolute atomic E-state index is 0.782. The number of allylic oxidation sites excluding steroid dienone is 1. The first-order valence-electron chi connectivity index (χ1n) is 2.53. The molecule has 0 bridgehead atoms. The first-order chi connectivity index (χ1) is 4.50. The summed E-state index contributed by atoms with van der Waals surface area (Å²) in [5.41, 5.74) is 3.42. The maximum Gasteiger partial charge on any atom is 0.433 e. The van der Waals surface area contributed by atoms with Crippen molar-refractivity contribution >= 4 is 0 Å². The third-order valence-corrected chi connectivity index (χ3v) is 0.995. The third kappa shape index (κ3) is 1.32. The van der Waals surface area contributed by atoms with E-state index in [1.54, 1.807) is 0 Å². The summed E-state index contributed by atoms with van der Waals surface area (Å²) in [6.07, 6.45) is -3.36. The van der Waals surface area contributed by atoms with Crippen molar-refractivity contribution in [2.75, 3.05) is 7.05 Å². The molecular formula is C4H6F3N3. The summed E-state index contributed by atoms with van der Waals surface area (Å²) >= 11 is 0. The lowest BCUT2D eigenvalue weighted by Gasteiger charge is -2.06. The molecule has 0 saturated carbocycles. The van der Waals surface area contributed by atoms with Gasteiger partial charge in [0.15, 0.2) is 0 Å². The molecule has 3 nitrogen and oxygen atoms in total. The molecule has 1 heterocycles. The van der Waals surface area contributed by atoms with Crippen LogP contribution in [0.5, 0.6) is 0 Å². The Morgan fingerprint density at radius 2 is 2.10 bits per heavy atom. The smallest absolute Gasteiger partial charge is 0.299 e. The second-order valence-corrected chi connectivity index (χ2v) is 1.89. The molecule has 0 spiro atoms. The summed E-state index contributed by atoms with van der Waals surface area (Å²) in [7, 11) is 1.46. The minimum atomic E-state index is -4.29. The Morgan fingerprint density at radius 3 is 2.30 bits per heavy atom. The molecule has 0 radical (unpaired) electrons. The van der Waals surface area contributed by atoms with Gasteiger partial charge in [-0.05, 0) is 0 Å². The van der Waals surface area contributed by atoms with Gasteiger partial charge in [-0.1, -0.05) is 0 Å². The zero-order chi connectivity index (χ0) is 7.78. The fourth-order valence-electron chi connectivity index (χ4n) is 0.551. The highest BCUT2D eigenvalue weighted by Gasteiger charge is 2.36. The number of hydrogen-bond donors (Lipinski definition) is 2. The second-order valence-electron chi connectivity index (χ2n) is 1.89. The molecule has 58 valence electrons. The van der Waals surface area contributed by atoms with Crippen LogP contribution in [-0.2, 0) is 0 Å². The van der Waals surface area contributed by atoms with Crippen LogP contribution in [0.3, 0.4) is 0 Å². The molecule has 0 amide bonds. The van der Waals surface area contributed by atoms with Crippen molar-refractivity contribution in [3.8, 4) is 0 Å². The highest BCUT2D eigenvalue weighted by atomic mass is 19.4. The summed E-state index contributed by atoms with van der Waals surface area (Å²) in [6, 6.07) is 0. The predicted molar refractivity (Wildman–Crippen MR) is 28.2 cm³/mol. The van der Waals surface area contributed by atoms with Gasteiger partial charge in [-0.25, -0.2) is 0 Å². The van der Waals surface area contributed by atoms with Crippen molar-refractivity contribution in [3.05, 3.63) is 11.9 Å². The quantitative estimate of drug-likeness (QED) is 0.525. The fraction of sp³-hybridized carbons (Fsp3) is 0.500. The van der Waals surface area contributed by atoms with Crippen LogP contribution in [0.15, 0.2) is 11.9 Å². The molecule has 0 saturated heterocycles. The Hall–Kier alpha value is -0.910. The van der Waals surface area contributed by atoms with Gasteiger partial charge >= 0.3 is 6.18 Å². The lowest BCUT2D eigenvalue weighted by atomic mass is 10.5. The van der Waals surface area contributed by atoms with E-state index in [2.05, 4.69) is 5.53 Å². The normalized spacial score (nSPS) is 18.8. The van der Waals surface area contributed by atoms with Crippen LogP contribution in [0.4, 0.5) is 13.2 Å². The number of alkyl halides is 3. The van der Waals surface area contributed by atoms with Crippen LogP contribution in [0.1, 0.15) is 0 Å². The number of halogens is 3. The summed E-state index contributed by atoms with van der Waals surface area (Å²) in [5, 5.41) is 1.18. The van der Waals surface area contributed by atoms with Crippen molar-refractivity contribution in [2.24, 2.45) is 0 Å². The fourth-order valence-corrected chi connectivity index (χ4v) is 0.551. The zero-order valence-corrected chi connectivity index (χ0v) is 5.16. The molecule has 0 atom stereocenters. The monoisotopic (exact) mass is 153 g/mol. The van der Waals surface area contributed by atoms with Crippen LogP contribution in [0.2, 0.25) is 0 Å². The van der Waals surface area contributed by atoms with Crippen molar-refractivity contribution in [1.82, 2.24) is 16.0 Å². The average Bonchev–Trinajstić information content (AvgIpc) is 2.11. The van der Waals surface area contributed by atoms with Gasteiger partial charge in [0, 0.05) is 13.2 Å². The Labute approximate surface area is 55.4 Å². The number of hydrazine groups is 2. The molecule has 2 N–H and O–H groups in total. The van der Waals surface area contributed by atoms with E-state index in [1.165, 1.54) is 12.1 Å². The standard InChI is InChI=1S/C4H6F3N3/c1-10-2-3(8-9-10)4(5,6)7/h2,8-9H,1H3. The largest absolute Gasteiger partial charge is 0.433 e. The summed E-state index contributed by atoms with van der Waals surface area (Å²) in [4.78, 5) is 0. The third-order valence-electron chi connectivity index (χ3n) is 0.995. The number of hydrogen-bond acceptors (Lipinski definition) is 3. The van der Waals surface area contributed by atoms with Crippen molar-refractivity contribution in [2.45, 2.75) is 6.18 Å². The lowest BCUT2D eigenvalue weighted by Crippen LogP contribution is -2.36. The minimum Gasteiger partial charge on any atom is -0.299 e. The summed E-state index contributed by atoms with van der Waals surface area (Å²) in [6.45, 7) is 0. The van der Waals surface area contributed by atoms with Gasteiger partial charge in [0.2, 0.25) is 0 Å². The van der Waals surface area contributed by atoms with Crippen LogP contribution in [-0.4, -0.2) is 18.2 Å². The van der Waals surface area contributed by atoms with E-state index in [-0.39, 0.29) is 0 Å². The molecule has 0 fully saturated rings. The van der Waals surface area contributed by atoms with Crippen LogP contribution < -0.4 is 11.0 Å². The zero-order valence-electron chi connectivity index (χ0n) is 5.16. The lowest BCUT2D eigenvalue weighted by molar-refractivity contribution is -0.0965. The molecule has 0 aromatic heterocycles. The van der Waals surface area contributed by atoms with Crippen LogP contribution in [0.25, 0.3) is 0 Å². The van der Waals surface area contributed by atoms with Crippen LogP contribution >= 0.6 is 0 Å². The van der Waals surface area contributed by atoms with Gasteiger partial charge in [0.05, 0.1) is 0 Å². The van der Waals surface area contributed by atoms with Gasteiger partial charge < -0.3 is 0 Å². The van der Waals surface area contributed by atoms with Gasteiger partial charge in [-0.2, -0.15) is 13.2 Å². The Kier molecular flexibility index (Phi) is 1.47. The number of rotatable bonds is 0. The Morgan fingerprint density at radius 1 is 1.50 bits per heavy atom. The molecule has 0 aromatic carbocycles. The summed E-state index contributed by atoms with van der Waals surface area (Å²) in [5.74, 6) is 0. The molecule has 0 aliphatic carbocycles. The average molecular weight is 153 g/mol. The topological polar surface area (TPSA) is 27.3 Å². The van der Waals surface area contributed by atoms with E-state index in [0.29, 0.717) is 0 Å². The van der Waals surface area contributed by atoms with E-state index >= 15 is 0 Å². The van der Waals surface area contributed by atoms with Gasteiger partial charge in [0.1, 0.15) is 5.70 Å². The van der Waals surface area contributed by atoms with Gasteiger partial charge in [0.25, 0.3) is 0 Å². The highest BCUT2D eigenvalue weighted by Crippen LogP contribution is 2.24.